The van der Waals surface area contributed by atoms with Crippen LogP contribution in [0.4, 0.5) is 15.9 Å². The molecule has 3 heterocycles. The minimum atomic E-state index is -2.37. The average molecular weight is 748 g/mol. The number of aromatic nitrogens is 4. The van der Waals surface area contributed by atoms with Crippen LogP contribution < -0.4 is 14.8 Å². The van der Waals surface area contributed by atoms with Gasteiger partial charge in [0.1, 0.15) is 46.6 Å². The Hall–Kier alpha value is -4.76. The van der Waals surface area contributed by atoms with Crippen LogP contribution >= 0.6 is 27.3 Å². The number of pyridine rings is 1. The molecule has 3 aromatic carbocycles. The van der Waals surface area contributed by atoms with Crippen molar-refractivity contribution in [1.82, 2.24) is 24.8 Å². The molecular weight excluding hydrogens is 719 g/mol. The highest BCUT2D eigenvalue weighted by atomic mass is 79.9. The van der Waals surface area contributed by atoms with Crippen molar-refractivity contribution < 1.29 is 22.3 Å². The standard InChI is InChI=1S/C34H28BrFN6O4S2/c1-45-32-16-29-27(15-26(32)30-19-47-33(41-30)17-42(21-48(43)44)12-10-24-7-2-3-11-37-24)34(39-20-38-29)40-25-8-9-31(28(35)14-25)46-18-22-5-4-6-23(36)13-22/h2-9,11,13-16,19-21H,10,12,17-18H2,1H3,(H,38,39,40). The van der Waals surface area contributed by atoms with E-state index < -0.39 is 10.3 Å². The molecule has 6 rings (SSSR count). The summed E-state index contributed by atoms with van der Waals surface area (Å²) in [5, 5.41) is 6.77. The molecule has 48 heavy (non-hydrogen) atoms. The quantitative estimate of drug-likeness (QED) is 0.123. The molecule has 244 valence electrons. The van der Waals surface area contributed by atoms with Crippen LogP contribution in [0.25, 0.3) is 22.2 Å². The minimum absolute atomic E-state index is 0.224. The van der Waals surface area contributed by atoms with E-state index in [-0.39, 0.29) is 12.4 Å². The molecule has 0 aliphatic rings. The molecule has 10 nitrogen and oxygen atoms in total. The van der Waals surface area contributed by atoms with E-state index >= 15 is 0 Å². The summed E-state index contributed by atoms with van der Waals surface area (Å²) in [5.74, 6) is 1.46. The lowest BCUT2D eigenvalue weighted by Gasteiger charge is -2.14. The maximum atomic E-state index is 13.5. The van der Waals surface area contributed by atoms with Crippen molar-refractivity contribution in [2.75, 3.05) is 19.0 Å². The predicted octanol–water partition coefficient (Wildman–Crippen LogP) is 7.06. The number of thiazole rings is 1. The third kappa shape index (κ3) is 8.39. The highest BCUT2D eigenvalue weighted by molar-refractivity contribution is 9.10. The van der Waals surface area contributed by atoms with Crippen LogP contribution in [0.2, 0.25) is 0 Å². The van der Waals surface area contributed by atoms with Crippen molar-refractivity contribution in [3.05, 3.63) is 117 Å². The highest BCUT2D eigenvalue weighted by Gasteiger charge is 2.17. The Morgan fingerprint density at radius 1 is 1.02 bits per heavy atom. The van der Waals surface area contributed by atoms with Gasteiger partial charge in [-0.1, -0.05) is 18.2 Å². The van der Waals surface area contributed by atoms with Gasteiger partial charge in [-0.2, -0.15) is 8.42 Å². The van der Waals surface area contributed by atoms with Gasteiger partial charge in [-0.05, 0) is 70.0 Å². The zero-order valence-electron chi connectivity index (χ0n) is 25.5. The van der Waals surface area contributed by atoms with E-state index in [2.05, 4.69) is 36.2 Å². The van der Waals surface area contributed by atoms with Crippen molar-refractivity contribution in [2.45, 2.75) is 19.6 Å². The summed E-state index contributed by atoms with van der Waals surface area (Å²) in [4.78, 5) is 19.8. The summed E-state index contributed by atoms with van der Waals surface area (Å²) in [7, 11) is -0.777. The van der Waals surface area contributed by atoms with Crippen LogP contribution in [0.3, 0.4) is 0 Å². The summed E-state index contributed by atoms with van der Waals surface area (Å²) in [6.45, 7) is 0.998. The number of rotatable bonds is 13. The lowest BCUT2D eigenvalue weighted by molar-refractivity contribution is 0.303. The first kappa shape index (κ1) is 33.2. The molecule has 0 unspecified atom stereocenters. The fraction of sp³-hybridized carbons (Fsp3) is 0.147. The number of fused-ring (bicyclic) bond motifs is 1. The second-order valence-electron chi connectivity index (χ2n) is 10.5. The smallest absolute Gasteiger partial charge is 0.225 e. The molecule has 0 spiro atoms. The molecule has 14 heteroatoms. The van der Waals surface area contributed by atoms with Gasteiger partial charge in [0.25, 0.3) is 0 Å². The number of halogens is 2. The Balaban J connectivity index is 1.22. The van der Waals surface area contributed by atoms with Gasteiger partial charge in [-0.25, -0.2) is 19.3 Å². The summed E-state index contributed by atoms with van der Waals surface area (Å²) in [6, 6.07) is 21.3. The summed E-state index contributed by atoms with van der Waals surface area (Å²) < 4.78 is 49.0. The molecule has 0 aliphatic heterocycles. The lowest BCUT2D eigenvalue weighted by Crippen LogP contribution is -2.24. The predicted molar refractivity (Wildman–Crippen MR) is 189 cm³/mol. The van der Waals surface area contributed by atoms with Crippen LogP contribution in [0.1, 0.15) is 16.3 Å². The molecule has 6 aromatic rings. The van der Waals surface area contributed by atoms with Crippen molar-refractivity contribution in [3.63, 3.8) is 0 Å². The van der Waals surface area contributed by atoms with Gasteiger partial charge in [0, 0.05) is 52.9 Å². The van der Waals surface area contributed by atoms with Crippen molar-refractivity contribution in [1.29, 1.82) is 0 Å². The first-order valence-corrected chi connectivity index (χ1v) is 17.4. The molecule has 0 radical (unpaired) electrons. The Bertz CT molecular complexity index is 2190. The number of anilines is 2. The number of nitrogens with one attached hydrogen (secondary N) is 1. The van der Waals surface area contributed by atoms with Gasteiger partial charge in [0.15, 0.2) is 0 Å². The maximum Gasteiger partial charge on any atom is 0.225 e. The van der Waals surface area contributed by atoms with E-state index in [0.29, 0.717) is 52.5 Å². The number of nitrogens with zero attached hydrogens (tertiary/aromatic N) is 5. The molecule has 0 bridgehead atoms. The molecule has 0 saturated heterocycles. The number of hydrogen-bond donors (Lipinski definition) is 1. The number of ether oxygens (including phenoxy) is 2. The van der Waals surface area contributed by atoms with E-state index in [1.165, 1.54) is 35.3 Å². The third-order valence-corrected chi connectivity index (χ3v) is 9.14. The molecule has 1 N–H and O–H groups in total. The first-order valence-electron chi connectivity index (χ1n) is 14.6. The normalized spacial score (nSPS) is 11.1. The Labute approximate surface area is 289 Å². The summed E-state index contributed by atoms with van der Waals surface area (Å²) in [6.07, 6.45) is 3.78. The van der Waals surface area contributed by atoms with Gasteiger partial charge >= 0.3 is 0 Å². The molecular formula is C34H28BrFN6O4S2. The van der Waals surface area contributed by atoms with E-state index in [0.717, 1.165) is 32.9 Å². The largest absolute Gasteiger partial charge is 0.496 e. The van der Waals surface area contributed by atoms with Gasteiger partial charge in [0.2, 0.25) is 10.3 Å². The van der Waals surface area contributed by atoms with Gasteiger partial charge in [-0.3, -0.25) is 9.88 Å². The van der Waals surface area contributed by atoms with E-state index in [4.69, 9.17) is 14.5 Å². The van der Waals surface area contributed by atoms with Crippen LogP contribution in [0, 0.1) is 5.82 Å². The molecule has 0 atom stereocenters. The van der Waals surface area contributed by atoms with Crippen molar-refractivity contribution in [2.24, 2.45) is 0 Å². The van der Waals surface area contributed by atoms with E-state index in [9.17, 15) is 12.8 Å². The third-order valence-electron chi connectivity index (χ3n) is 7.22. The molecule has 0 aliphatic carbocycles. The average Bonchev–Trinajstić information content (AvgIpc) is 3.55. The van der Waals surface area contributed by atoms with Crippen LogP contribution in [-0.4, -0.2) is 52.4 Å². The maximum absolute atomic E-state index is 13.5. The zero-order valence-corrected chi connectivity index (χ0v) is 28.7. The minimum Gasteiger partial charge on any atom is -0.496 e. The second-order valence-corrected chi connectivity index (χ2v) is 13.0. The van der Waals surface area contributed by atoms with E-state index in [1.54, 1.807) is 30.3 Å². The van der Waals surface area contributed by atoms with E-state index in [1.807, 2.05) is 53.9 Å². The Kier molecular flexibility index (Phi) is 10.7. The molecule has 0 fully saturated rings. The Morgan fingerprint density at radius 2 is 1.92 bits per heavy atom. The van der Waals surface area contributed by atoms with Gasteiger partial charge in [-0.15, -0.1) is 11.3 Å². The topological polar surface area (TPSA) is 119 Å². The summed E-state index contributed by atoms with van der Waals surface area (Å²) >= 11 is 5.01. The van der Waals surface area contributed by atoms with Crippen molar-refractivity contribution >= 4 is 65.5 Å². The molecule has 3 aromatic heterocycles. The van der Waals surface area contributed by atoms with Crippen LogP contribution in [-0.2, 0) is 29.9 Å². The highest BCUT2D eigenvalue weighted by Crippen LogP contribution is 2.37. The lowest BCUT2D eigenvalue weighted by atomic mass is 10.1. The monoisotopic (exact) mass is 746 g/mol. The fourth-order valence-electron chi connectivity index (χ4n) is 4.95. The first-order chi connectivity index (χ1) is 23.3. The number of hydrogen-bond acceptors (Lipinski definition) is 10. The number of methoxy groups -OCH3 is 1. The van der Waals surface area contributed by atoms with Gasteiger partial charge < -0.3 is 14.8 Å². The molecule has 0 amide bonds. The fourth-order valence-corrected chi connectivity index (χ4v) is 6.68. The zero-order chi connectivity index (χ0) is 33.5. The Morgan fingerprint density at radius 3 is 2.69 bits per heavy atom. The van der Waals surface area contributed by atoms with Gasteiger partial charge in [0.05, 0.1) is 29.3 Å². The molecule has 0 saturated carbocycles. The number of benzene rings is 3. The second kappa shape index (κ2) is 15.4. The summed E-state index contributed by atoms with van der Waals surface area (Å²) in [5.41, 5.74) is 5.62. The van der Waals surface area contributed by atoms with Crippen molar-refractivity contribution in [3.8, 4) is 22.8 Å². The SMILES string of the molecule is COc1cc2ncnc(Nc3ccc(OCc4cccc(F)c4)c(Br)c3)c2cc1-c1csc(CN(C=S(=O)=O)CCc2ccccn2)n1. The van der Waals surface area contributed by atoms with Crippen LogP contribution in [0.15, 0.2) is 95.2 Å². The van der Waals surface area contributed by atoms with Crippen LogP contribution in [0.5, 0.6) is 11.5 Å².